The second kappa shape index (κ2) is 3.92. The van der Waals surface area contributed by atoms with Crippen LogP contribution in [0.25, 0.3) is 0 Å². The van der Waals surface area contributed by atoms with Crippen LogP contribution in [-0.2, 0) is 11.3 Å². The molecule has 0 aliphatic carbocycles. The van der Waals surface area contributed by atoms with E-state index in [2.05, 4.69) is 17.3 Å². The van der Waals surface area contributed by atoms with Crippen molar-refractivity contribution >= 4 is 11.8 Å². The summed E-state index contributed by atoms with van der Waals surface area (Å²) in [5, 5.41) is 7.40. The number of esters is 1. The van der Waals surface area contributed by atoms with Gasteiger partial charge in [-0.25, -0.2) is 9.48 Å². The number of ether oxygens (including phenoxy) is 1. The first-order chi connectivity index (χ1) is 7.22. The van der Waals surface area contributed by atoms with E-state index in [4.69, 9.17) is 4.74 Å². The van der Waals surface area contributed by atoms with E-state index in [0.717, 1.165) is 18.8 Å². The molecule has 0 aromatic carbocycles. The molecule has 0 spiro atoms. The Balaban J connectivity index is 2.26. The van der Waals surface area contributed by atoms with E-state index < -0.39 is 0 Å². The molecule has 2 heterocycles. The van der Waals surface area contributed by atoms with Crippen LogP contribution >= 0.6 is 0 Å². The summed E-state index contributed by atoms with van der Waals surface area (Å²) in [6, 6.07) is 0.377. The number of carbonyl (C=O) groups excluding carboxylic acids is 1. The highest BCUT2D eigenvalue weighted by Crippen LogP contribution is 2.22. The van der Waals surface area contributed by atoms with Crippen LogP contribution in [0.4, 0.5) is 5.82 Å². The summed E-state index contributed by atoms with van der Waals surface area (Å²) in [6.45, 7) is 5.12. The van der Waals surface area contributed by atoms with Gasteiger partial charge in [-0.1, -0.05) is 0 Å². The maximum Gasteiger partial charge on any atom is 0.343 e. The van der Waals surface area contributed by atoms with Gasteiger partial charge in [0.1, 0.15) is 11.4 Å². The van der Waals surface area contributed by atoms with Gasteiger partial charge in [0.05, 0.1) is 12.8 Å². The van der Waals surface area contributed by atoms with Crippen LogP contribution in [0.3, 0.4) is 0 Å². The number of hydrogen-bond donors (Lipinski definition) is 1. The first kappa shape index (κ1) is 10.0. The van der Waals surface area contributed by atoms with E-state index >= 15 is 0 Å². The number of hydrogen-bond acceptors (Lipinski definition) is 4. The molecule has 2 rings (SSSR count). The summed E-state index contributed by atoms with van der Waals surface area (Å²) in [4.78, 5) is 11.6. The molecule has 1 N–H and O–H groups in total. The van der Waals surface area contributed by atoms with Crippen LogP contribution in [-0.4, -0.2) is 28.4 Å². The Hall–Kier alpha value is -1.52. The van der Waals surface area contributed by atoms with Crippen molar-refractivity contribution in [3.8, 4) is 0 Å². The first-order valence-electron chi connectivity index (χ1n) is 5.22. The second-order valence-corrected chi connectivity index (χ2v) is 3.68. The fraction of sp³-hybridized carbons (Fsp3) is 0.600. The average molecular weight is 209 g/mol. The van der Waals surface area contributed by atoms with E-state index in [1.54, 1.807) is 13.1 Å². The van der Waals surface area contributed by atoms with Crippen LogP contribution in [0.15, 0.2) is 6.20 Å². The molecule has 0 saturated carbocycles. The number of rotatable bonds is 2. The molecule has 1 aliphatic heterocycles. The quantitative estimate of drug-likeness (QED) is 0.745. The van der Waals surface area contributed by atoms with Crippen molar-refractivity contribution in [2.24, 2.45) is 0 Å². The third-order valence-corrected chi connectivity index (χ3v) is 2.49. The topological polar surface area (TPSA) is 56.1 Å². The lowest BCUT2D eigenvalue weighted by atomic mass is 10.2. The molecular formula is C10H15N3O2. The summed E-state index contributed by atoms with van der Waals surface area (Å²) in [5.74, 6) is 0.479. The monoisotopic (exact) mass is 209 g/mol. The van der Waals surface area contributed by atoms with Gasteiger partial charge in [0.15, 0.2) is 0 Å². The Morgan fingerprint density at radius 3 is 3.33 bits per heavy atom. The van der Waals surface area contributed by atoms with Gasteiger partial charge in [-0.15, -0.1) is 0 Å². The van der Waals surface area contributed by atoms with Gasteiger partial charge in [0, 0.05) is 12.6 Å². The zero-order valence-corrected chi connectivity index (χ0v) is 8.99. The van der Waals surface area contributed by atoms with Crippen LogP contribution in [0.2, 0.25) is 0 Å². The number of anilines is 1. The maximum absolute atomic E-state index is 11.6. The van der Waals surface area contributed by atoms with Crippen LogP contribution in [0, 0.1) is 0 Å². The Bertz CT molecular complexity index is 373. The molecule has 0 bridgehead atoms. The lowest BCUT2D eigenvalue weighted by molar-refractivity contribution is 0.0527. The molecule has 5 heteroatoms. The molecule has 0 amide bonds. The van der Waals surface area contributed by atoms with Crippen molar-refractivity contribution in [2.45, 2.75) is 32.9 Å². The molecule has 1 unspecified atom stereocenters. The number of carbonyl (C=O) groups is 1. The molecule has 0 saturated heterocycles. The van der Waals surface area contributed by atoms with E-state index in [1.807, 2.05) is 4.68 Å². The Labute approximate surface area is 88.4 Å². The standard InChI is InChI=1S/C10H15N3O2/c1-3-15-10(14)8-6-11-13-5-4-7(2)12-9(8)13/h6-7,12H,3-5H2,1-2H3. The number of aryl methyl sites for hydroxylation is 1. The lowest BCUT2D eigenvalue weighted by Crippen LogP contribution is -2.27. The summed E-state index contributed by atoms with van der Waals surface area (Å²) in [7, 11) is 0. The Morgan fingerprint density at radius 1 is 1.80 bits per heavy atom. The van der Waals surface area contributed by atoms with Crippen molar-refractivity contribution in [3.63, 3.8) is 0 Å². The van der Waals surface area contributed by atoms with Crippen molar-refractivity contribution in [3.05, 3.63) is 11.8 Å². The summed E-state index contributed by atoms with van der Waals surface area (Å²) >= 11 is 0. The average Bonchev–Trinajstić information content (AvgIpc) is 2.60. The van der Waals surface area contributed by atoms with E-state index in [0.29, 0.717) is 18.2 Å². The van der Waals surface area contributed by atoms with Gasteiger partial charge < -0.3 is 10.1 Å². The van der Waals surface area contributed by atoms with Gasteiger partial charge in [-0.3, -0.25) is 0 Å². The number of fused-ring (bicyclic) bond motifs is 1. The maximum atomic E-state index is 11.6. The molecular weight excluding hydrogens is 194 g/mol. The highest BCUT2D eigenvalue weighted by Gasteiger charge is 2.22. The van der Waals surface area contributed by atoms with Gasteiger partial charge in [-0.2, -0.15) is 5.10 Å². The second-order valence-electron chi connectivity index (χ2n) is 3.68. The molecule has 1 aromatic rings. The van der Waals surface area contributed by atoms with E-state index in [9.17, 15) is 4.79 Å². The molecule has 1 aliphatic rings. The minimum atomic E-state index is -0.305. The number of nitrogens with one attached hydrogen (secondary N) is 1. The SMILES string of the molecule is CCOC(=O)c1cnn2c1NC(C)CC2. The van der Waals surface area contributed by atoms with Gasteiger partial charge in [0.2, 0.25) is 0 Å². The van der Waals surface area contributed by atoms with Crippen LogP contribution in [0.5, 0.6) is 0 Å². The molecule has 1 aromatic heterocycles. The van der Waals surface area contributed by atoms with Crippen LogP contribution in [0.1, 0.15) is 30.6 Å². The van der Waals surface area contributed by atoms with Crippen molar-refractivity contribution in [1.29, 1.82) is 0 Å². The zero-order valence-electron chi connectivity index (χ0n) is 8.99. The molecule has 0 radical (unpaired) electrons. The van der Waals surface area contributed by atoms with Crippen molar-refractivity contribution in [2.75, 3.05) is 11.9 Å². The Kier molecular flexibility index (Phi) is 2.62. The normalized spacial score (nSPS) is 19.2. The first-order valence-corrected chi connectivity index (χ1v) is 5.22. The number of nitrogens with zero attached hydrogens (tertiary/aromatic N) is 2. The minimum absolute atomic E-state index is 0.305. The highest BCUT2D eigenvalue weighted by molar-refractivity contribution is 5.94. The predicted octanol–water partition coefficient (Wildman–Crippen LogP) is 1.26. The third kappa shape index (κ3) is 1.82. The fourth-order valence-corrected chi connectivity index (χ4v) is 1.69. The highest BCUT2D eigenvalue weighted by atomic mass is 16.5. The van der Waals surface area contributed by atoms with Crippen LogP contribution < -0.4 is 5.32 Å². The zero-order chi connectivity index (χ0) is 10.8. The molecule has 0 fully saturated rings. The van der Waals surface area contributed by atoms with Crippen molar-refractivity contribution < 1.29 is 9.53 Å². The molecule has 5 nitrogen and oxygen atoms in total. The largest absolute Gasteiger partial charge is 0.462 e. The third-order valence-electron chi connectivity index (χ3n) is 2.49. The van der Waals surface area contributed by atoms with E-state index in [1.165, 1.54) is 0 Å². The lowest BCUT2D eigenvalue weighted by Gasteiger charge is -2.22. The predicted molar refractivity (Wildman–Crippen MR) is 55.9 cm³/mol. The number of aromatic nitrogens is 2. The molecule has 1 atom stereocenters. The Morgan fingerprint density at radius 2 is 2.60 bits per heavy atom. The summed E-state index contributed by atoms with van der Waals surface area (Å²) in [5.41, 5.74) is 0.531. The van der Waals surface area contributed by atoms with Gasteiger partial charge in [0.25, 0.3) is 0 Å². The summed E-state index contributed by atoms with van der Waals surface area (Å²) < 4.78 is 6.77. The van der Waals surface area contributed by atoms with Gasteiger partial charge >= 0.3 is 5.97 Å². The minimum Gasteiger partial charge on any atom is -0.462 e. The summed E-state index contributed by atoms with van der Waals surface area (Å²) in [6.07, 6.45) is 2.59. The smallest absolute Gasteiger partial charge is 0.343 e. The van der Waals surface area contributed by atoms with Gasteiger partial charge in [-0.05, 0) is 20.3 Å². The van der Waals surface area contributed by atoms with Crippen molar-refractivity contribution in [1.82, 2.24) is 9.78 Å². The molecule has 15 heavy (non-hydrogen) atoms. The fourth-order valence-electron chi connectivity index (χ4n) is 1.69. The van der Waals surface area contributed by atoms with E-state index in [-0.39, 0.29) is 5.97 Å². The molecule has 82 valence electrons.